The molecule has 0 aromatic carbocycles. The van der Waals surface area contributed by atoms with Gasteiger partial charge in [0.25, 0.3) is 0 Å². The minimum Gasteiger partial charge on any atom is -0.418 e. The fourth-order valence-corrected chi connectivity index (χ4v) is 6.16. The van der Waals surface area contributed by atoms with Crippen molar-refractivity contribution in [2.24, 2.45) is 4.99 Å². The summed E-state index contributed by atoms with van der Waals surface area (Å²) in [6.07, 6.45) is 4.84. The van der Waals surface area contributed by atoms with E-state index in [1.807, 2.05) is 23.1 Å². The van der Waals surface area contributed by atoms with Gasteiger partial charge in [0, 0.05) is 15.5 Å². The van der Waals surface area contributed by atoms with E-state index >= 15 is 0 Å². The number of thiophene rings is 1. The van der Waals surface area contributed by atoms with Crippen molar-refractivity contribution in [2.45, 2.75) is 38.1 Å². The Morgan fingerprint density at radius 3 is 2.77 bits per heavy atom. The van der Waals surface area contributed by atoms with E-state index in [0.717, 1.165) is 30.4 Å². The summed E-state index contributed by atoms with van der Waals surface area (Å²) in [6, 6.07) is 2.39. The Morgan fingerprint density at radius 1 is 1.27 bits per heavy atom. The molecule has 114 valence electrons. The summed E-state index contributed by atoms with van der Waals surface area (Å²) < 4.78 is 13.3. The highest BCUT2D eigenvalue weighted by atomic mass is 32.2. The molecule has 22 heavy (non-hydrogen) atoms. The van der Waals surface area contributed by atoms with Crippen molar-refractivity contribution in [1.29, 1.82) is 0 Å². The molecule has 4 nitrogen and oxygen atoms in total. The molecule has 1 aromatic heterocycles. The second-order valence-corrected chi connectivity index (χ2v) is 8.96. The van der Waals surface area contributed by atoms with Crippen LogP contribution in [0.3, 0.4) is 0 Å². The number of fused-ring (bicyclic) bond motifs is 2. The van der Waals surface area contributed by atoms with Crippen LogP contribution in [0.2, 0.25) is 0 Å². The molecule has 1 aromatic rings. The second kappa shape index (κ2) is 5.03. The molecule has 0 saturated carbocycles. The average Bonchev–Trinajstić information content (AvgIpc) is 3.41. The van der Waals surface area contributed by atoms with Gasteiger partial charge in [-0.3, -0.25) is 4.99 Å². The first-order valence-electron chi connectivity index (χ1n) is 8.09. The zero-order valence-electron chi connectivity index (χ0n) is 12.7. The molecule has 3 aliphatic heterocycles. The van der Waals surface area contributed by atoms with Crippen LogP contribution in [-0.4, -0.2) is 42.8 Å². The van der Waals surface area contributed by atoms with Crippen molar-refractivity contribution < 1.29 is 9.31 Å². The zero-order chi connectivity index (χ0) is 14.7. The third-order valence-electron chi connectivity index (χ3n) is 4.96. The molecule has 4 aliphatic rings. The summed E-state index contributed by atoms with van der Waals surface area (Å²) in [5, 5.41) is 1.15. The third-order valence-corrected chi connectivity index (χ3v) is 7.04. The van der Waals surface area contributed by atoms with Gasteiger partial charge in [-0.05, 0) is 44.2 Å². The summed E-state index contributed by atoms with van der Waals surface area (Å²) in [6.45, 7) is 3.85. The highest BCUT2D eigenvalue weighted by molar-refractivity contribution is 8.14. The van der Waals surface area contributed by atoms with Gasteiger partial charge < -0.3 is 14.0 Å². The van der Waals surface area contributed by atoms with Gasteiger partial charge in [-0.15, -0.1) is 11.3 Å². The van der Waals surface area contributed by atoms with E-state index in [2.05, 4.69) is 17.7 Å². The predicted molar refractivity (Wildman–Crippen MR) is 93.4 cm³/mol. The Bertz CT molecular complexity index is 633. The Balaban J connectivity index is 1.55. The number of amidine groups is 1. The number of aliphatic imine (C=N–C) groups is 1. The fourth-order valence-electron chi connectivity index (χ4n) is 3.75. The Labute approximate surface area is 139 Å². The topological polar surface area (TPSA) is 40.7 Å². The molecule has 2 fully saturated rings. The minimum absolute atomic E-state index is 0.0148. The third kappa shape index (κ3) is 2.27. The lowest BCUT2D eigenvalue weighted by Gasteiger charge is -2.39. The number of rotatable bonds is 2. The van der Waals surface area contributed by atoms with Crippen LogP contribution in [0.5, 0.6) is 0 Å². The van der Waals surface area contributed by atoms with Crippen molar-refractivity contribution in [3.63, 3.8) is 0 Å². The maximum absolute atomic E-state index is 5.53. The average molecular weight is 332 g/mol. The Hall–Kier alpha value is -0.430. The SMILES string of the molecule is Cc1cc2c(s1)CCCC21CCSC(N(B2CO2)B2CO2)=N1. The molecule has 8 heteroatoms. The monoisotopic (exact) mass is 332 g/mol. The van der Waals surface area contributed by atoms with E-state index in [-0.39, 0.29) is 19.6 Å². The van der Waals surface area contributed by atoms with E-state index in [4.69, 9.17) is 14.3 Å². The van der Waals surface area contributed by atoms with E-state index in [1.54, 1.807) is 4.88 Å². The zero-order valence-corrected chi connectivity index (χ0v) is 14.3. The molecule has 0 amide bonds. The molecule has 5 rings (SSSR count). The van der Waals surface area contributed by atoms with Gasteiger partial charge in [-0.1, -0.05) is 11.8 Å². The highest BCUT2D eigenvalue weighted by Crippen LogP contribution is 2.48. The molecule has 1 unspecified atom stereocenters. The number of aryl methyl sites for hydroxylation is 2. The van der Waals surface area contributed by atoms with Crippen LogP contribution in [0.1, 0.15) is 34.6 Å². The fraction of sp³-hybridized carbons (Fsp3) is 0.643. The second-order valence-electron chi connectivity index (χ2n) is 6.56. The molecular formula is C14H18B2N2O2S2. The molecule has 4 heterocycles. The highest BCUT2D eigenvalue weighted by Gasteiger charge is 2.53. The van der Waals surface area contributed by atoms with Crippen LogP contribution in [0.25, 0.3) is 0 Å². The number of hydrogen-bond donors (Lipinski definition) is 0. The van der Waals surface area contributed by atoms with Crippen molar-refractivity contribution >= 4 is 42.4 Å². The van der Waals surface area contributed by atoms with Crippen LogP contribution in [0.15, 0.2) is 11.1 Å². The summed E-state index contributed by atoms with van der Waals surface area (Å²) >= 11 is 3.84. The summed E-state index contributed by atoms with van der Waals surface area (Å²) in [7, 11) is 0.391. The van der Waals surface area contributed by atoms with Gasteiger partial charge in [0.15, 0.2) is 0 Å². The lowest BCUT2D eigenvalue weighted by atomic mass is 9.77. The van der Waals surface area contributed by atoms with Crippen LogP contribution >= 0.6 is 23.1 Å². The molecule has 2 saturated heterocycles. The summed E-state index contributed by atoms with van der Waals surface area (Å²) in [4.78, 5) is 8.29. The normalized spacial score (nSPS) is 29.4. The molecule has 1 spiro atoms. The molecular weight excluding hydrogens is 314 g/mol. The van der Waals surface area contributed by atoms with Crippen LogP contribution in [0.4, 0.5) is 0 Å². The maximum Gasteiger partial charge on any atom is 0.431 e. The molecule has 0 bridgehead atoms. The summed E-state index contributed by atoms with van der Waals surface area (Å²) in [5.74, 6) is 1.14. The van der Waals surface area contributed by atoms with Crippen molar-refractivity contribution in [1.82, 2.24) is 4.72 Å². The van der Waals surface area contributed by atoms with Gasteiger partial charge in [0.1, 0.15) is 5.17 Å². The van der Waals surface area contributed by atoms with Crippen LogP contribution in [-0.2, 0) is 21.3 Å². The van der Waals surface area contributed by atoms with E-state index < -0.39 is 0 Å². The first-order valence-corrected chi connectivity index (χ1v) is 9.89. The lowest BCUT2D eigenvalue weighted by Crippen LogP contribution is -2.44. The first-order chi connectivity index (χ1) is 10.8. The number of nitrogens with zero attached hydrogens (tertiary/aromatic N) is 2. The van der Waals surface area contributed by atoms with E-state index in [9.17, 15) is 0 Å². The van der Waals surface area contributed by atoms with Crippen molar-refractivity contribution in [3.8, 4) is 0 Å². The van der Waals surface area contributed by atoms with E-state index in [1.165, 1.54) is 29.7 Å². The lowest BCUT2D eigenvalue weighted by molar-refractivity contribution is 0.365. The van der Waals surface area contributed by atoms with Gasteiger partial charge in [0.05, 0.1) is 18.6 Å². The van der Waals surface area contributed by atoms with Crippen molar-refractivity contribution in [3.05, 3.63) is 21.4 Å². The number of thioether (sulfide) groups is 1. The Morgan fingerprint density at radius 2 is 2.05 bits per heavy atom. The molecule has 1 atom stereocenters. The first kappa shape index (κ1) is 14.0. The molecule has 0 radical (unpaired) electrons. The van der Waals surface area contributed by atoms with Gasteiger partial charge in [-0.2, -0.15) is 0 Å². The molecule has 0 N–H and O–H groups in total. The molecule has 1 aliphatic carbocycles. The Kier molecular flexibility index (Phi) is 3.19. The van der Waals surface area contributed by atoms with Gasteiger partial charge >= 0.3 is 14.1 Å². The van der Waals surface area contributed by atoms with Gasteiger partial charge in [0.2, 0.25) is 0 Å². The predicted octanol–water partition coefficient (Wildman–Crippen LogP) is 2.50. The standard InChI is InChI=1S/C14H18B2N2O2S2/c1-10-7-11-12(22-10)3-2-4-14(11)5-6-21-13(17-14)18(15-8-19-15)16-9-20-16/h7H,2-6,8-9H2,1H3. The van der Waals surface area contributed by atoms with Crippen molar-refractivity contribution in [2.75, 3.05) is 18.8 Å². The quantitative estimate of drug-likeness (QED) is 0.616. The van der Waals surface area contributed by atoms with Crippen LogP contribution in [0, 0.1) is 6.92 Å². The van der Waals surface area contributed by atoms with Gasteiger partial charge in [-0.25, -0.2) is 0 Å². The largest absolute Gasteiger partial charge is 0.431 e. The summed E-state index contributed by atoms with van der Waals surface area (Å²) in [5.41, 5.74) is 1.52. The van der Waals surface area contributed by atoms with Crippen LogP contribution < -0.4 is 0 Å². The van der Waals surface area contributed by atoms with E-state index in [0.29, 0.717) is 0 Å². The minimum atomic E-state index is 0.0148. The number of hydrogen-bond acceptors (Lipinski definition) is 6. The smallest absolute Gasteiger partial charge is 0.418 e. The maximum atomic E-state index is 5.53.